The van der Waals surface area contributed by atoms with E-state index in [9.17, 15) is 9.59 Å². The highest BCUT2D eigenvalue weighted by Gasteiger charge is 2.37. The van der Waals surface area contributed by atoms with Gasteiger partial charge in [0.15, 0.2) is 0 Å². The number of amides is 2. The molecule has 1 aromatic carbocycles. The molecular weight excluding hydrogens is 302 g/mol. The number of rotatable bonds is 4. The largest absolute Gasteiger partial charge is 0.350 e. The Morgan fingerprint density at radius 2 is 2.08 bits per heavy atom. The second-order valence-corrected chi connectivity index (χ2v) is 6.09. The molecule has 2 heterocycles. The van der Waals surface area contributed by atoms with Crippen LogP contribution in [0.4, 0.5) is 5.69 Å². The molecule has 0 radical (unpaired) electrons. The molecule has 2 amide bonds. The third-order valence-corrected chi connectivity index (χ3v) is 4.56. The van der Waals surface area contributed by atoms with Crippen LogP contribution in [0.25, 0.3) is 0 Å². The summed E-state index contributed by atoms with van der Waals surface area (Å²) in [6.07, 6.45) is 2.23. The van der Waals surface area contributed by atoms with Gasteiger partial charge in [-0.2, -0.15) is 0 Å². The van der Waals surface area contributed by atoms with Crippen LogP contribution in [0.15, 0.2) is 42.6 Å². The normalized spacial score (nSPS) is 17.2. The number of aromatic nitrogens is 1. The summed E-state index contributed by atoms with van der Waals surface area (Å²) in [6.45, 7) is 4.95. The molecule has 24 heavy (non-hydrogen) atoms. The van der Waals surface area contributed by atoms with Crippen molar-refractivity contribution in [3.05, 3.63) is 59.4 Å². The van der Waals surface area contributed by atoms with Gasteiger partial charge in [0.1, 0.15) is 5.92 Å². The number of anilines is 1. The zero-order valence-electron chi connectivity index (χ0n) is 14.0. The topological polar surface area (TPSA) is 62.3 Å². The molecule has 1 saturated heterocycles. The summed E-state index contributed by atoms with van der Waals surface area (Å²) in [5, 5.41) is 2.82. The van der Waals surface area contributed by atoms with E-state index < -0.39 is 5.92 Å². The molecule has 1 fully saturated rings. The fourth-order valence-corrected chi connectivity index (χ4v) is 2.99. The van der Waals surface area contributed by atoms with E-state index in [0.29, 0.717) is 19.5 Å². The number of aryl methyl sites for hydroxylation is 1. The average Bonchev–Trinajstić information content (AvgIpc) is 2.98. The molecule has 1 atom stereocenters. The minimum atomic E-state index is -0.617. The average molecular weight is 323 g/mol. The molecule has 1 aliphatic heterocycles. The van der Waals surface area contributed by atoms with E-state index in [0.717, 1.165) is 22.5 Å². The SMILES string of the molecule is Cc1cccc(N2CCC(C(=O)NCc3ccccn3)C2=O)c1C. The van der Waals surface area contributed by atoms with Crippen LogP contribution >= 0.6 is 0 Å². The number of hydrogen-bond donors (Lipinski definition) is 1. The predicted octanol–water partition coefficient (Wildman–Crippen LogP) is 2.37. The van der Waals surface area contributed by atoms with Gasteiger partial charge in [0.2, 0.25) is 11.8 Å². The summed E-state index contributed by atoms with van der Waals surface area (Å²) in [5.74, 6) is -0.964. The Bertz CT molecular complexity index is 758. The Labute approximate surface area is 141 Å². The van der Waals surface area contributed by atoms with Gasteiger partial charge in [-0.25, -0.2) is 0 Å². The van der Waals surface area contributed by atoms with Gasteiger partial charge in [0.05, 0.1) is 12.2 Å². The molecule has 3 rings (SSSR count). The standard InChI is InChI=1S/C19H21N3O2/c1-13-6-5-8-17(14(13)2)22-11-9-16(19(22)24)18(23)21-12-15-7-3-4-10-20-15/h3-8,10,16H,9,11-12H2,1-2H3,(H,21,23). The highest BCUT2D eigenvalue weighted by molar-refractivity contribution is 6.09. The third-order valence-electron chi connectivity index (χ3n) is 4.56. The van der Waals surface area contributed by atoms with Crippen molar-refractivity contribution in [3.63, 3.8) is 0 Å². The van der Waals surface area contributed by atoms with Crippen molar-refractivity contribution in [1.82, 2.24) is 10.3 Å². The Morgan fingerprint density at radius 3 is 2.83 bits per heavy atom. The Balaban J connectivity index is 1.67. The Morgan fingerprint density at radius 1 is 1.25 bits per heavy atom. The maximum Gasteiger partial charge on any atom is 0.239 e. The molecule has 0 aliphatic carbocycles. The molecule has 2 aromatic rings. The van der Waals surface area contributed by atoms with Crippen LogP contribution < -0.4 is 10.2 Å². The molecule has 0 bridgehead atoms. The van der Waals surface area contributed by atoms with Crippen molar-refractivity contribution in [3.8, 4) is 0 Å². The van der Waals surface area contributed by atoms with Crippen molar-refractivity contribution < 1.29 is 9.59 Å². The number of carbonyl (C=O) groups is 2. The summed E-state index contributed by atoms with van der Waals surface area (Å²) in [7, 11) is 0. The van der Waals surface area contributed by atoms with Gasteiger partial charge in [-0.15, -0.1) is 0 Å². The minimum absolute atomic E-state index is 0.123. The van der Waals surface area contributed by atoms with Gasteiger partial charge in [-0.1, -0.05) is 18.2 Å². The minimum Gasteiger partial charge on any atom is -0.350 e. The summed E-state index contributed by atoms with van der Waals surface area (Å²) in [6, 6.07) is 11.5. The van der Waals surface area contributed by atoms with Gasteiger partial charge >= 0.3 is 0 Å². The van der Waals surface area contributed by atoms with E-state index >= 15 is 0 Å². The summed E-state index contributed by atoms with van der Waals surface area (Å²) >= 11 is 0. The molecule has 124 valence electrons. The van der Waals surface area contributed by atoms with Gasteiger partial charge in [0.25, 0.3) is 0 Å². The summed E-state index contributed by atoms with van der Waals surface area (Å²) in [4.78, 5) is 30.9. The first kappa shape index (κ1) is 16.2. The van der Waals surface area contributed by atoms with Crippen LogP contribution in [-0.4, -0.2) is 23.3 Å². The second-order valence-electron chi connectivity index (χ2n) is 6.09. The smallest absolute Gasteiger partial charge is 0.239 e. The van der Waals surface area contributed by atoms with Crippen molar-refractivity contribution >= 4 is 17.5 Å². The van der Waals surface area contributed by atoms with Gasteiger partial charge in [0, 0.05) is 18.4 Å². The molecule has 1 aromatic heterocycles. The fraction of sp³-hybridized carbons (Fsp3) is 0.316. The van der Waals surface area contributed by atoms with Gasteiger partial charge in [-0.3, -0.25) is 14.6 Å². The van der Waals surface area contributed by atoms with E-state index in [1.165, 1.54) is 0 Å². The molecule has 1 aliphatic rings. The van der Waals surface area contributed by atoms with Crippen LogP contribution in [0.2, 0.25) is 0 Å². The predicted molar refractivity (Wildman–Crippen MR) is 92.5 cm³/mol. The van der Waals surface area contributed by atoms with E-state index in [1.807, 2.05) is 50.2 Å². The van der Waals surface area contributed by atoms with Crippen molar-refractivity contribution in [2.75, 3.05) is 11.4 Å². The number of nitrogens with one attached hydrogen (secondary N) is 1. The zero-order chi connectivity index (χ0) is 17.1. The summed E-state index contributed by atoms with van der Waals surface area (Å²) in [5.41, 5.74) is 3.91. The molecule has 0 spiro atoms. The Kier molecular flexibility index (Phi) is 4.60. The van der Waals surface area contributed by atoms with Crippen molar-refractivity contribution in [1.29, 1.82) is 0 Å². The van der Waals surface area contributed by atoms with E-state index in [4.69, 9.17) is 0 Å². The first-order chi connectivity index (χ1) is 11.6. The van der Waals surface area contributed by atoms with Crippen LogP contribution in [0.3, 0.4) is 0 Å². The molecular formula is C19H21N3O2. The lowest BCUT2D eigenvalue weighted by molar-refractivity contribution is -0.132. The van der Waals surface area contributed by atoms with Gasteiger partial charge in [-0.05, 0) is 49.6 Å². The van der Waals surface area contributed by atoms with Crippen LogP contribution in [0.5, 0.6) is 0 Å². The molecule has 0 saturated carbocycles. The van der Waals surface area contributed by atoms with E-state index in [1.54, 1.807) is 11.1 Å². The lowest BCUT2D eigenvalue weighted by Crippen LogP contribution is -2.36. The quantitative estimate of drug-likeness (QED) is 0.879. The molecule has 5 heteroatoms. The number of benzene rings is 1. The molecule has 1 N–H and O–H groups in total. The lowest BCUT2D eigenvalue weighted by atomic mass is 10.1. The van der Waals surface area contributed by atoms with Gasteiger partial charge < -0.3 is 10.2 Å². The first-order valence-electron chi connectivity index (χ1n) is 8.13. The number of carbonyl (C=O) groups excluding carboxylic acids is 2. The number of hydrogen-bond acceptors (Lipinski definition) is 3. The first-order valence-corrected chi connectivity index (χ1v) is 8.13. The maximum absolute atomic E-state index is 12.7. The maximum atomic E-state index is 12.7. The van der Waals surface area contributed by atoms with E-state index in [-0.39, 0.29) is 11.8 Å². The molecule has 1 unspecified atom stereocenters. The fourth-order valence-electron chi connectivity index (χ4n) is 2.99. The van der Waals surface area contributed by atoms with Crippen LogP contribution in [-0.2, 0) is 16.1 Å². The van der Waals surface area contributed by atoms with E-state index in [2.05, 4.69) is 10.3 Å². The zero-order valence-corrected chi connectivity index (χ0v) is 14.0. The lowest BCUT2D eigenvalue weighted by Gasteiger charge is -2.20. The highest BCUT2D eigenvalue weighted by Crippen LogP contribution is 2.29. The van der Waals surface area contributed by atoms with Crippen molar-refractivity contribution in [2.45, 2.75) is 26.8 Å². The number of pyridine rings is 1. The van der Waals surface area contributed by atoms with Crippen LogP contribution in [0, 0.1) is 19.8 Å². The molecule has 5 nitrogen and oxygen atoms in total. The number of nitrogens with zero attached hydrogens (tertiary/aromatic N) is 2. The Hall–Kier alpha value is -2.69. The second kappa shape index (κ2) is 6.83. The van der Waals surface area contributed by atoms with Crippen molar-refractivity contribution in [2.24, 2.45) is 5.92 Å². The highest BCUT2D eigenvalue weighted by atomic mass is 16.2. The summed E-state index contributed by atoms with van der Waals surface area (Å²) < 4.78 is 0. The van der Waals surface area contributed by atoms with Crippen LogP contribution in [0.1, 0.15) is 23.2 Å². The third kappa shape index (κ3) is 3.15. The monoisotopic (exact) mass is 323 g/mol.